The first-order chi connectivity index (χ1) is 12.3. The van der Waals surface area contributed by atoms with Crippen LogP contribution >= 0.6 is 0 Å². The fourth-order valence-electron chi connectivity index (χ4n) is 3.75. The van der Waals surface area contributed by atoms with E-state index in [9.17, 15) is 4.79 Å². The number of hydrogen-bond donors (Lipinski definition) is 2. The van der Waals surface area contributed by atoms with Crippen molar-refractivity contribution >= 4 is 5.65 Å². The van der Waals surface area contributed by atoms with Gasteiger partial charge in [-0.3, -0.25) is 4.79 Å². The minimum absolute atomic E-state index is 0.124. The van der Waals surface area contributed by atoms with Crippen LogP contribution in [0.1, 0.15) is 55.5 Å². The monoisotopic (exact) mass is 340 g/mol. The predicted octanol–water partition coefficient (Wildman–Crippen LogP) is 1.81. The molecule has 8 nitrogen and oxygen atoms in total. The van der Waals surface area contributed by atoms with E-state index < -0.39 is 0 Å². The molecule has 1 saturated heterocycles. The maximum Gasteiger partial charge on any atom is 0.263 e. The van der Waals surface area contributed by atoms with E-state index in [0.717, 1.165) is 50.3 Å². The molecule has 2 aliphatic rings. The lowest BCUT2D eigenvalue weighted by atomic mass is 9.85. The van der Waals surface area contributed by atoms with Crippen LogP contribution in [0.25, 0.3) is 17.1 Å². The molecule has 5 rings (SSSR count). The van der Waals surface area contributed by atoms with Crippen LogP contribution in [0.4, 0.5) is 0 Å². The standard InChI is InChI=1S/C17H20N6O2/c24-14-8-13(10-4-6-18-7-5-10)23-16(20-14)12(9-19-23)17-21-15(22-25-17)11-2-1-3-11/h8-11,18H,1-7H2,(H,20,24). The van der Waals surface area contributed by atoms with Gasteiger partial charge in [0.05, 0.1) is 11.9 Å². The van der Waals surface area contributed by atoms with Crippen molar-refractivity contribution in [1.29, 1.82) is 0 Å². The summed E-state index contributed by atoms with van der Waals surface area (Å²) in [7, 11) is 0. The van der Waals surface area contributed by atoms with E-state index >= 15 is 0 Å². The van der Waals surface area contributed by atoms with Crippen molar-refractivity contribution in [1.82, 2.24) is 30.1 Å². The molecular formula is C17H20N6O2. The maximum absolute atomic E-state index is 12.2. The van der Waals surface area contributed by atoms with E-state index in [1.807, 2.05) is 4.52 Å². The fraction of sp³-hybridized carbons (Fsp3) is 0.529. The summed E-state index contributed by atoms with van der Waals surface area (Å²) in [5.41, 5.74) is 2.14. The summed E-state index contributed by atoms with van der Waals surface area (Å²) in [5.74, 6) is 1.92. The largest absolute Gasteiger partial charge is 0.334 e. The zero-order chi connectivity index (χ0) is 16.8. The molecule has 1 aliphatic heterocycles. The molecule has 2 fully saturated rings. The summed E-state index contributed by atoms with van der Waals surface area (Å²) in [6, 6.07) is 1.66. The number of fused-ring (bicyclic) bond motifs is 1. The summed E-state index contributed by atoms with van der Waals surface area (Å²) in [4.78, 5) is 19.6. The summed E-state index contributed by atoms with van der Waals surface area (Å²) in [6.45, 7) is 1.92. The van der Waals surface area contributed by atoms with Crippen molar-refractivity contribution in [3.8, 4) is 11.5 Å². The van der Waals surface area contributed by atoms with Gasteiger partial charge in [0.25, 0.3) is 11.4 Å². The number of nitrogens with one attached hydrogen (secondary N) is 2. The Morgan fingerprint density at radius 1 is 1.16 bits per heavy atom. The van der Waals surface area contributed by atoms with E-state index in [4.69, 9.17) is 4.52 Å². The molecule has 3 aromatic rings. The van der Waals surface area contributed by atoms with Crippen molar-refractivity contribution in [2.75, 3.05) is 13.1 Å². The molecule has 0 bridgehead atoms. The van der Waals surface area contributed by atoms with Crippen molar-refractivity contribution < 1.29 is 4.52 Å². The zero-order valence-electron chi connectivity index (χ0n) is 13.9. The van der Waals surface area contributed by atoms with Gasteiger partial charge in [-0.15, -0.1) is 0 Å². The van der Waals surface area contributed by atoms with Crippen LogP contribution < -0.4 is 10.9 Å². The Bertz CT molecular complexity index is 961. The van der Waals surface area contributed by atoms with Gasteiger partial charge in [0.15, 0.2) is 5.82 Å². The second-order valence-electron chi connectivity index (χ2n) is 6.99. The molecule has 3 aromatic heterocycles. The highest BCUT2D eigenvalue weighted by atomic mass is 16.5. The number of aromatic nitrogens is 5. The summed E-state index contributed by atoms with van der Waals surface area (Å²) >= 11 is 0. The number of piperidine rings is 1. The SMILES string of the molecule is O=c1cc(C2CCNCC2)n2ncc(-c3nc(C4CCC4)no3)c2[nH]1. The normalized spacial score (nSPS) is 19.4. The number of hydrogen-bond acceptors (Lipinski definition) is 6. The molecule has 1 aliphatic carbocycles. The van der Waals surface area contributed by atoms with Gasteiger partial charge in [0, 0.05) is 17.9 Å². The third-order valence-electron chi connectivity index (χ3n) is 5.43. The quantitative estimate of drug-likeness (QED) is 0.754. The topological polar surface area (TPSA) is 101 Å². The first-order valence-electron chi connectivity index (χ1n) is 8.95. The van der Waals surface area contributed by atoms with Gasteiger partial charge in [-0.2, -0.15) is 10.1 Å². The Labute approximate surface area is 143 Å². The van der Waals surface area contributed by atoms with Gasteiger partial charge in [-0.1, -0.05) is 11.6 Å². The van der Waals surface area contributed by atoms with E-state index in [1.165, 1.54) is 6.42 Å². The van der Waals surface area contributed by atoms with E-state index in [2.05, 4.69) is 25.5 Å². The lowest BCUT2D eigenvalue weighted by Crippen LogP contribution is -2.28. The molecule has 4 heterocycles. The summed E-state index contributed by atoms with van der Waals surface area (Å²) in [6.07, 6.45) is 7.15. The van der Waals surface area contributed by atoms with Crippen LogP contribution in [0.2, 0.25) is 0 Å². The number of H-pyrrole nitrogens is 1. The van der Waals surface area contributed by atoms with Crippen molar-refractivity contribution in [2.24, 2.45) is 0 Å². The molecular weight excluding hydrogens is 320 g/mol. The summed E-state index contributed by atoms with van der Waals surface area (Å²) in [5, 5.41) is 12.0. The molecule has 0 spiro atoms. The molecule has 0 radical (unpaired) electrons. The van der Waals surface area contributed by atoms with Gasteiger partial charge < -0.3 is 14.8 Å². The zero-order valence-corrected chi connectivity index (χ0v) is 13.9. The van der Waals surface area contributed by atoms with Crippen molar-refractivity contribution in [3.05, 3.63) is 34.1 Å². The van der Waals surface area contributed by atoms with Gasteiger partial charge >= 0.3 is 0 Å². The van der Waals surface area contributed by atoms with Gasteiger partial charge in [-0.25, -0.2) is 4.52 Å². The minimum Gasteiger partial charge on any atom is -0.334 e. The lowest BCUT2D eigenvalue weighted by Gasteiger charge is -2.23. The number of nitrogens with zero attached hydrogens (tertiary/aromatic N) is 4. The van der Waals surface area contributed by atoms with Crippen LogP contribution in [0.3, 0.4) is 0 Å². The maximum atomic E-state index is 12.2. The Morgan fingerprint density at radius 2 is 2.00 bits per heavy atom. The Hall–Kier alpha value is -2.48. The number of aromatic amines is 1. The summed E-state index contributed by atoms with van der Waals surface area (Å²) < 4.78 is 7.27. The average Bonchev–Trinajstić information content (AvgIpc) is 3.20. The fourth-order valence-corrected chi connectivity index (χ4v) is 3.75. The van der Waals surface area contributed by atoms with Gasteiger partial charge in [0.2, 0.25) is 0 Å². The highest BCUT2D eigenvalue weighted by Gasteiger charge is 2.27. The molecule has 2 N–H and O–H groups in total. The highest BCUT2D eigenvalue weighted by Crippen LogP contribution is 2.36. The number of rotatable bonds is 3. The smallest absolute Gasteiger partial charge is 0.263 e. The van der Waals surface area contributed by atoms with Crippen LogP contribution in [-0.2, 0) is 0 Å². The third kappa shape index (κ3) is 2.48. The molecule has 0 amide bonds. The Balaban J connectivity index is 1.59. The molecule has 130 valence electrons. The predicted molar refractivity (Wildman–Crippen MR) is 90.5 cm³/mol. The molecule has 25 heavy (non-hydrogen) atoms. The van der Waals surface area contributed by atoms with Crippen molar-refractivity contribution in [3.63, 3.8) is 0 Å². The first-order valence-corrected chi connectivity index (χ1v) is 8.95. The molecule has 8 heteroatoms. The van der Waals surface area contributed by atoms with E-state index in [0.29, 0.717) is 28.9 Å². The minimum atomic E-state index is -0.124. The molecule has 0 unspecified atom stereocenters. The molecule has 1 saturated carbocycles. The first kappa shape index (κ1) is 14.8. The third-order valence-corrected chi connectivity index (χ3v) is 5.43. The average molecular weight is 340 g/mol. The van der Waals surface area contributed by atoms with Crippen LogP contribution in [0.5, 0.6) is 0 Å². The van der Waals surface area contributed by atoms with E-state index in [-0.39, 0.29) is 5.56 Å². The molecule has 0 aromatic carbocycles. The van der Waals surface area contributed by atoms with Gasteiger partial charge in [0.1, 0.15) is 11.2 Å². The van der Waals surface area contributed by atoms with Crippen LogP contribution in [0, 0.1) is 0 Å². The van der Waals surface area contributed by atoms with Crippen LogP contribution in [0.15, 0.2) is 21.6 Å². The highest BCUT2D eigenvalue weighted by molar-refractivity contribution is 5.71. The Morgan fingerprint density at radius 3 is 2.76 bits per heavy atom. The van der Waals surface area contributed by atoms with Crippen molar-refractivity contribution in [2.45, 2.75) is 43.9 Å². The lowest BCUT2D eigenvalue weighted by molar-refractivity contribution is 0.366. The van der Waals surface area contributed by atoms with Crippen LogP contribution in [-0.4, -0.2) is 37.8 Å². The molecule has 0 atom stereocenters. The second-order valence-corrected chi connectivity index (χ2v) is 6.99. The Kier molecular flexibility index (Phi) is 3.44. The van der Waals surface area contributed by atoms with E-state index in [1.54, 1.807) is 12.3 Å². The second kappa shape index (κ2) is 5.80. The van der Waals surface area contributed by atoms with Gasteiger partial charge in [-0.05, 0) is 38.8 Å².